The van der Waals surface area contributed by atoms with E-state index < -0.39 is 6.04 Å². The van der Waals surface area contributed by atoms with Gasteiger partial charge in [0.25, 0.3) is 11.8 Å². The minimum Gasteiger partial charge on any atom is -0.377 e. The van der Waals surface area contributed by atoms with E-state index in [1.54, 1.807) is 17.3 Å². The second-order valence-electron chi connectivity index (χ2n) is 5.95. The smallest absolute Gasteiger partial charge is 0.290 e. The monoisotopic (exact) mass is 353 g/mol. The van der Waals surface area contributed by atoms with E-state index in [9.17, 15) is 4.79 Å². The van der Waals surface area contributed by atoms with Crippen LogP contribution < -0.4 is 0 Å². The Morgan fingerprint density at radius 1 is 1.31 bits per heavy atom. The highest BCUT2D eigenvalue weighted by molar-refractivity contribution is 5.91. The Morgan fingerprint density at radius 2 is 2.15 bits per heavy atom. The maximum absolute atomic E-state index is 13.0. The fraction of sp³-hybridized carbons (Fsp3) is 0.333. The second kappa shape index (κ2) is 7.09. The molecule has 0 spiro atoms. The lowest BCUT2D eigenvalue weighted by molar-refractivity contribution is -0.0127. The molecule has 134 valence electrons. The van der Waals surface area contributed by atoms with Gasteiger partial charge in [0, 0.05) is 31.0 Å². The zero-order valence-corrected chi connectivity index (χ0v) is 14.4. The number of carbonyl (C=O) groups is 1. The fourth-order valence-corrected chi connectivity index (χ4v) is 3.02. The van der Waals surface area contributed by atoms with Gasteiger partial charge in [-0.05, 0) is 6.92 Å². The van der Waals surface area contributed by atoms with Gasteiger partial charge >= 0.3 is 0 Å². The van der Waals surface area contributed by atoms with Gasteiger partial charge in [-0.3, -0.25) is 4.79 Å². The third-order valence-electron chi connectivity index (χ3n) is 4.40. The van der Waals surface area contributed by atoms with E-state index in [1.165, 1.54) is 0 Å². The molecular formula is C18H19N5O3. The largest absolute Gasteiger partial charge is 0.377 e. The fourth-order valence-electron chi connectivity index (χ4n) is 3.02. The van der Waals surface area contributed by atoms with Crippen molar-refractivity contribution in [2.45, 2.75) is 19.5 Å². The van der Waals surface area contributed by atoms with E-state index in [1.807, 2.05) is 41.8 Å². The molecule has 2 aromatic heterocycles. The molecule has 26 heavy (non-hydrogen) atoms. The summed E-state index contributed by atoms with van der Waals surface area (Å²) in [6.45, 7) is 3.88. The lowest BCUT2D eigenvalue weighted by atomic mass is 10.2. The van der Waals surface area contributed by atoms with Crippen LogP contribution in [-0.2, 0) is 11.3 Å². The Hall–Kier alpha value is -3.00. The molecule has 8 heteroatoms. The van der Waals surface area contributed by atoms with Crippen LogP contribution in [0.3, 0.4) is 0 Å². The highest BCUT2D eigenvalue weighted by Gasteiger charge is 2.35. The summed E-state index contributed by atoms with van der Waals surface area (Å²) in [6, 6.07) is 9.14. The van der Waals surface area contributed by atoms with Crippen molar-refractivity contribution in [1.82, 2.24) is 24.6 Å². The minimum atomic E-state index is -0.428. The number of imidazole rings is 1. The van der Waals surface area contributed by atoms with Crippen LogP contribution in [0.4, 0.5) is 0 Å². The average Bonchev–Trinajstić information content (AvgIpc) is 3.37. The molecule has 1 aliphatic heterocycles. The van der Waals surface area contributed by atoms with Gasteiger partial charge in [-0.25, -0.2) is 4.98 Å². The van der Waals surface area contributed by atoms with Crippen LogP contribution in [0.15, 0.2) is 47.2 Å². The first-order valence-electron chi connectivity index (χ1n) is 8.56. The molecule has 8 nitrogen and oxygen atoms in total. The maximum Gasteiger partial charge on any atom is 0.290 e. The number of carbonyl (C=O) groups excluding carboxylic acids is 1. The molecular weight excluding hydrogens is 334 g/mol. The second-order valence-corrected chi connectivity index (χ2v) is 5.95. The van der Waals surface area contributed by atoms with Crippen molar-refractivity contribution < 1.29 is 14.1 Å². The lowest BCUT2D eigenvalue weighted by Gasteiger charge is -2.33. The van der Waals surface area contributed by atoms with Crippen molar-refractivity contribution in [3.63, 3.8) is 0 Å². The van der Waals surface area contributed by atoms with E-state index in [0.29, 0.717) is 43.8 Å². The molecule has 1 unspecified atom stereocenters. The van der Waals surface area contributed by atoms with Crippen LogP contribution in [-0.4, -0.2) is 50.3 Å². The maximum atomic E-state index is 13.0. The van der Waals surface area contributed by atoms with E-state index >= 15 is 0 Å². The quantitative estimate of drug-likeness (QED) is 0.714. The van der Waals surface area contributed by atoms with Crippen LogP contribution in [0.2, 0.25) is 0 Å². The van der Waals surface area contributed by atoms with Crippen LogP contribution in [0.5, 0.6) is 0 Å². The summed E-state index contributed by atoms with van der Waals surface area (Å²) in [5.74, 6) is 1.10. The molecule has 3 heterocycles. The topological polar surface area (TPSA) is 86.3 Å². The number of aromatic nitrogens is 4. The summed E-state index contributed by atoms with van der Waals surface area (Å²) in [5, 5.41) is 4.05. The van der Waals surface area contributed by atoms with Crippen molar-refractivity contribution in [2.24, 2.45) is 0 Å². The normalized spacial score (nSPS) is 17.4. The van der Waals surface area contributed by atoms with Gasteiger partial charge in [-0.2, -0.15) is 4.98 Å². The standard InChI is InChI=1S/C18H19N5O3/c1-2-22-9-8-19-16(22)18(24)23-10-11-25-12-14(23)17-20-15(21-26-17)13-6-4-3-5-7-13/h3-9,14H,2,10-12H2,1H3. The molecule has 1 aliphatic rings. The van der Waals surface area contributed by atoms with Gasteiger partial charge in [0.2, 0.25) is 5.82 Å². The van der Waals surface area contributed by atoms with Crippen molar-refractivity contribution in [3.05, 3.63) is 54.4 Å². The van der Waals surface area contributed by atoms with Gasteiger partial charge in [0.1, 0.15) is 6.04 Å². The number of hydrogen-bond donors (Lipinski definition) is 0. The van der Waals surface area contributed by atoms with E-state index in [2.05, 4.69) is 15.1 Å². The summed E-state index contributed by atoms with van der Waals surface area (Å²) in [6.07, 6.45) is 3.43. The summed E-state index contributed by atoms with van der Waals surface area (Å²) < 4.78 is 12.8. The average molecular weight is 353 g/mol. The van der Waals surface area contributed by atoms with Gasteiger partial charge in [-0.15, -0.1) is 0 Å². The number of ether oxygens (including phenoxy) is 1. The highest BCUT2D eigenvalue weighted by Crippen LogP contribution is 2.26. The number of hydrogen-bond acceptors (Lipinski definition) is 6. The molecule has 0 radical (unpaired) electrons. The Labute approximate surface area is 150 Å². The Kier molecular flexibility index (Phi) is 4.49. The number of nitrogens with zero attached hydrogens (tertiary/aromatic N) is 5. The molecule has 3 aromatic rings. The number of benzene rings is 1. The molecule has 1 saturated heterocycles. The molecule has 0 N–H and O–H groups in total. The summed E-state index contributed by atoms with van der Waals surface area (Å²) in [4.78, 5) is 23.4. The van der Waals surface area contributed by atoms with Gasteiger partial charge in [-0.1, -0.05) is 35.5 Å². The molecule has 1 atom stereocenters. The third kappa shape index (κ3) is 2.99. The first kappa shape index (κ1) is 16.5. The minimum absolute atomic E-state index is 0.162. The van der Waals surface area contributed by atoms with Gasteiger partial charge < -0.3 is 18.7 Å². The number of rotatable bonds is 4. The van der Waals surface area contributed by atoms with E-state index in [-0.39, 0.29) is 5.91 Å². The van der Waals surface area contributed by atoms with Crippen LogP contribution in [0.1, 0.15) is 29.5 Å². The molecule has 1 aromatic carbocycles. The summed E-state index contributed by atoms with van der Waals surface area (Å²) in [5.41, 5.74) is 0.860. The first-order valence-corrected chi connectivity index (χ1v) is 8.56. The Bertz CT molecular complexity index is 889. The molecule has 1 amide bonds. The highest BCUT2D eigenvalue weighted by atomic mass is 16.5. The number of amides is 1. The van der Waals surface area contributed by atoms with Gasteiger partial charge in [0.15, 0.2) is 5.82 Å². The lowest BCUT2D eigenvalue weighted by Crippen LogP contribution is -2.44. The molecule has 0 bridgehead atoms. The van der Waals surface area contributed by atoms with Crippen molar-refractivity contribution in [3.8, 4) is 11.4 Å². The van der Waals surface area contributed by atoms with Crippen molar-refractivity contribution >= 4 is 5.91 Å². The van der Waals surface area contributed by atoms with Crippen LogP contribution in [0, 0.1) is 0 Å². The molecule has 4 rings (SSSR count). The van der Waals surface area contributed by atoms with Crippen LogP contribution >= 0.6 is 0 Å². The zero-order chi connectivity index (χ0) is 17.9. The summed E-state index contributed by atoms with van der Waals surface area (Å²) >= 11 is 0. The molecule has 1 fully saturated rings. The summed E-state index contributed by atoms with van der Waals surface area (Å²) in [7, 11) is 0. The number of aryl methyl sites for hydroxylation is 1. The SMILES string of the molecule is CCn1ccnc1C(=O)N1CCOCC1c1nc(-c2ccccc2)no1. The molecule has 0 saturated carbocycles. The van der Waals surface area contributed by atoms with Crippen LogP contribution in [0.25, 0.3) is 11.4 Å². The van der Waals surface area contributed by atoms with Crippen molar-refractivity contribution in [1.29, 1.82) is 0 Å². The number of morpholine rings is 1. The first-order chi connectivity index (χ1) is 12.8. The zero-order valence-electron chi connectivity index (χ0n) is 14.4. The Morgan fingerprint density at radius 3 is 2.96 bits per heavy atom. The molecule has 0 aliphatic carbocycles. The third-order valence-corrected chi connectivity index (χ3v) is 4.40. The predicted molar refractivity (Wildman–Crippen MR) is 92.2 cm³/mol. The van der Waals surface area contributed by atoms with Crippen molar-refractivity contribution in [2.75, 3.05) is 19.8 Å². The van der Waals surface area contributed by atoms with Gasteiger partial charge in [0.05, 0.1) is 13.2 Å². The van der Waals surface area contributed by atoms with E-state index in [4.69, 9.17) is 9.26 Å². The van der Waals surface area contributed by atoms with E-state index in [0.717, 1.165) is 5.56 Å². The predicted octanol–water partition coefficient (Wildman–Crippen LogP) is 2.17. The Balaban J connectivity index is 1.62.